The molecule has 0 unspecified atom stereocenters. The molecular weight excluding hydrogens is 336 g/mol. The van der Waals surface area contributed by atoms with E-state index in [0.717, 1.165) is 15.6 Å². The number of nitrogens with one attached hydrogen (secondary N) is 1. The highest BCUT2D eigenvalue weighted by molar-refractivity contribution is 9.10. The Morgan fingerprint density at radius 2 is 2.05 bits per heavy atom. The molecule has 1 N–H and O–H groups in total. The van der Waals surface area contributed by atoms with Gasteiger partial charge in [-0.25, -0.2) is 0 Å². The average molecular weight is 349 g/mol. The first kappa shape index (κ1) is 15.2. The molecule has 0 atom stereocenters. The summed E-state index contributed by atoms with van der Waals surface area (Å²) in [6.07, 6.45) is 0.210. The van der Waals surface area contributed by atoms with Crippen LogP contribution in [0.2, 0.25) is 0 Å². The standard InChI is InChI=1S/C15H13BrN2O3/c1-10-5-6-13(18(20)21)9-14(10)17-15(19)8-11-3-2-4-12(16)7-11/h2-7,9H,8H2,1H3,(H,17,19). The normalized spacial score (nSPS) is 10.2. The zero-order valence-corrected chi connectivity index (χ0v) is 12.9. The second-order valence-electron chi connectivity index (χ2n) is 4.61. The molecule has 0 aliphatic carbocycles. The quantitative estimate of drug-likeness (QED) is 0.673. The molecule has 0 heterocycles. The van der Waals surface area contributed by atoms with E-state index in [4.69, 9.17) is 0 Å². The molecule has 2 aromatic rings. The molecule has 0 aromatic heterocycles. The first-order chi connectivity index (χ1) is 9.95. The lowest BCUT2D eigenvalue weighted by Crippen LogP contribution is -2.15. The molecule has 0 saturated carbocycles. The Bertz CT molecular complexity index is 701. The van der Waals surface area contributed by atoms with Gasteiger partial charge < -0.3 is 5.32 Å². The van der Waals surface area contributed by atoms with Gasteiger partial charge in [-0.3, -0.25) is 14.9 Å². The van der Waals surface area contributed by atoms with Gasteiger partial charge in [0.2, 0.25) is 5.91 Å². The van der Waals surface area contributed by atoms with Gasteiger partial charge >= 0.3 is 0 Å². The number of hydrogen-bond donors (Lipinski definition) is 1. The van der Waals surface area contributed by atoms with Crippen molar-refractivity contribution in [1.82, 2.24) is 0 Å². The first-order valence-electron chi connectivity index (χ1n) is 6.25. The Kier molecular flexibility index (Phi) is 4.70. The van der Waals surface area contributed by atoms with Crippen LogP contribution < -0.4 is 5.32 Å². The number of carbonyl (C=O) groups excluding carboxylic acids is 1. The summed E-state index contributed by atoms with van der Waals surface area (Å²) in [4.78, 5) is 22.3. The molecule has 5 nitrogen and oxygen atoms in total. The number of rotatable bonds is 4. The summed E-state index contributed by atoms with van der Waals surface area (Å²) >= 11 is 3.35. The van der Waals surface area contributed by atoms with E-state index in [1.165, 1.54) is 12.1 Å². The fourth-order valence-electron chi connectivity index (χ4n) is 1.88. The maximum atomic E-state index is 12.0. The van der Waals surface area contributed by atoms with Crippen LogP contribution in [-0.4, -0.2) is 10.8 Å². The largest absolute Gasteiger partial charge is 0.325 e. The highest BCUT2D eigenvalue weighted by Crippen LogP contribution is 2.22. The van der Waals surface area contributed by atoms with Crippen molar-refractivity contribution in [3.63, 3.8) is 0 Å². The topological polar surface area (TPSA) is 72.2 Å². The van der Waals surface area contributed by atoms with E-state index in [-0.39, 0.29) is 18.0 Å². The van der Waals surface area contributed by atoms with Gasteiger partial charge in [-0.2, -0.15) is 0 Å². The second-order valence-corrected chi connectivity index (χ2v) is 5.53. The molecule has 0 aliphatic heterocycles. The van der Waals surface area contributed by atoms with Gasteiger partial charge in [0.05, 0.1) is 17.0 Å². The fourth-order valence-corrected chi connectivity index (χ4v) is 2.33. The van der Waals surface area contributed by atoms with Crippen LogP contribution in [0.15, 0.2) is 46.9 Å². The molecule has 0 spiro atoms. The minimum Gasteiger partial charge on any atom is -0.325 e. The van der Waals surface area contributed by atoms with Crippen molar-refractivity contribution in [1.29, 1.82) is 0 Å². The zero-order chi connectivity index (χ0) is 15.4. The summed E-state index contributed by atoms with van der Waals surface area (Å²) in [7, 11) is 0. The van der Waals surface area contributed by atoms with Crippen LogP contribution in [0.1, 0.15) is 11.1 Å². The molecule has 0 saturated heterocycles. The molecule has 2 rings (SSSR count). The predicted molar refractivity (Wildman–Crippen MR) is 84.3 cm³/mol. The lowest BCUT2D eigenvalue weighted by molar-refractivity contribution is -0.384. The lowest BCUT2D eigenvalue weighted by atomic mass is 10.1. The number of aryl methyl sites for hydroxylation is 1. The molecular formula is C15H13BrN2O3. The number of benzene rings is 2. The average Bonchev–Trinajstić information content (AvgIpc) is 2.41. The van der Waals surface area contributed by atoms with E-state index in [2.05, 4.69) is 21.2 Å². The zero-order valence-electron chi connectivity index (χ0n) is 11.3. The van der Waals surface area contributed by atoms with Gasteiger partial charge in [-0.05, 0) is 30.2 Å². The third-order valence-electron chi connectivity index (χ3n) is 2.96. The first-order valence-corrected chi connectivity index (χ1v) is 7.04. The highest BCUT2D eigenvalue weighted by atomic mass is 79.9. The number of hydrogen-bond acceptors (Lipinski definition) is 3. The Hall–Kier alpha value is -2.21. The van der Waals surface area contributed by atoms with Gasteiger partial charge in [0.1, 0.15) is 0 Å². The minimum absolute atomic E-state index is 0.0432. The second kappa shape index (κ2) is 6.49. The van der Waals surface area contributed by atoms with Gasteiger partial charge in [-0.15, -0.1) is 0 Å². The van der Waals surface area contributed by atoms with Crippen molar-refractivity contribution in [3.8, 4) is 0 Å². The van der Waals surface area contributed by atoms with E-state index in [0.29, 0.717) is 5.69 Å². The molecule has 21 heavy (non-hydrogen) atoms. The van der Waals surface area contributed by atoms with Gasteiger partial charge in [0, 0.05) is 16.6 Å². The summed E-state index contributed by atoms with van der Waals surface area (Å²) in [5.74, 6) is -0.211. The van der Waals surface area contributed by atoms with Crippen molar-refractivity contribution in [2.75, 3.05) is 5.32 Å². The molecule has 2 aromatic carbocycles. The molecule has 0 aliphatic rings. The Labute approximate surface area is 130 Å². The van der Waals surface area contributed by atoms with Crippen LogP contribution in [0, 0.1) is 17.0 Å². The highest BCUT2D eigenvalue weighted by Gasteiger charge is 2.11. The fraction of sp³-hybridized carbons (Fsp3) is 0.133. The number of nitro benzene ring substituents is 1. The summed E-state index contributed by atoms with van der Waals surface area (Å²) in [6, 6.07) is 11.8. The van der Waals surface area contributed by atoms with Crippen molar-refractivity contribution in [2.45, 2.75) is 13.3 Å². The van der Waals surface area contributed by atoms with E-state index >= 15 is 0 Å². The number of carbonyl (C=O) groups is 1. The van der Waals surface area contributed by atoms with Crippen molar-refractivity contribution in [3.05, 3.63) is 68.2 Å². The molecule has 0 bridgehead atoms. The molecule has 0 radical (unpaired) electrons. The maximum Gasteiger partial charge on any atom is 0.271 e. The number of amides is 1. The van der Waals surface area contributed by atoms with Crippen molar-refractivity contribution < 1.29 is 9.72 Å². The van der Waals surface area contributed by atoms with Crippen LogP contribution in [0.5, 0.6) is 0 Å². The van der Waals surface area contributed by atoms with Crippen LogP contribution in [0.25, 0.3) is 0 Å². The third-order valence-corrected chi connectivity index (χ3v) is 3.45. The van der Waals surface area contributed by atoms with E-state index in [1.54, 1.807) is 13.0 Å². The van der Waals surface area contributed by atoms with Gasteiger partial charge in [0.25, 0.3) is 5.69 Å². The number of nitrogens with zero attached hydrogens (tertiary/aromatic N) is 1. The van der Waals surface area contributed by atoms with E-state index < -0.39 is 4.92 Å². The van der Waals surface area contributed by atoms with Crippen LogP contribution in [-0.2, 0) is 11.2 Å². The van der Waals surface area contributed by atoms with Crippen LogP contribution in [0.3, 0.4) is 0 Å². The summed E-state index contributed by atoms with van der Waals surface area (Å²) in [5.41, 5.74) is 2.07. The molecule has 1 amide bonds. The summed E-state index contributed by atoms with van der Waals surface area (Å²) in [6.45, 7) is 1.79. The predicted octanol–water partition coefficient (Wildman–Crippen LogP) is 3.85. The SMILES string of the molecule is Cc1ccc([N+](=O)[O-])cc1NC(=O)Cc1cccc(Br)c1. The maximum absolute atomic E-state index is 12.0. The molecule has 108 valence electrons. The number of nitro groups is 1. The van der Waals surface area contributed by atoms with E-state index in [9.17, 15) is 14.9 Å². The summed E-state index contributed by atoms with van der Waals surface area (Å²) in [5, 5.41) is 13.5. The van der Waals surface area contributed by atoms with Crippen molar-refractivity contribution in [2.24, 2.45) is 0 Å². The van der Waals surface area contributed by atoms with Crippen LogP contribution in [0.4, 0.5) is 11.4 Å². The Balaban J connectivity index is 2.12. The lowest BCUT2D eigenvalue weighted by Gasteiger charge is -2.08. The van der Waals surface area contributed by atoms with Gasteiger partial charge in [0.15, 0.2) is 0 Å². The van der Waals surface area contributed by atoms with Crippen molar-refractivity contribution >= 4 is 33.2 Å². The number of non-ortho nitro benzene ring substituents is 1. The molecule has 6 heteroatoms. The molecule has 0 fully saturated rings. The summed E-state index contributed by atoms with van der Waals surface area (Å²) < 4.78 is 0.902. The Morgan fingerprint density at radius 1 is 1.29 bits per heavy atom. The number of halogens is 1. The third kappa shape index (κ3) is 4.13. The smallest absolute Gasteiger partial charge is 0.271 e. The van der Waals surface area contributed by atoms with Gasteiger partial charge in [-0.1, -0.05) is 34.1 Å². The number of anilines is 1. The van der Waals surface area contributed by atoms with E-state index in [1.807, 2.05) is 24.3 Å². The minimum atomic E-state index is -0.483. The monoisotopic (exact) mass is 348 g/mol. The van der Waals surface area contributed by atoms with Crippen LogP contribution >= 0.6 is 15.9 Å². The Morgan fingerprint density at radius 3 is 2.71 bits per heavy atom.